The highest BCUT2D eigenvalue weighted by atomic mass is 35.5. The van der Waals surface area contributed by atoms with Gasteiger partial charge in [0, 0.05) is 11.8 Å². The Kier molecular flexibility index (Phi) is 4.85. The van der Waals surface area contributed by atoms with Crippen LogP contribution < -0.4 is 14.8 Å². The molecule has 0 saturated heterocycles. The van der Waals surface area contributed by atoms with Crippen LogP contribution in [0.15, 0.2) is 24.4 Å². The summed E-state index contributed by atoms with van der Waals surface area (Å²) in [5.41, 5.74) is 1.99. The molecule has 1 atom stereocenters. The molecular weight excluding hydrogens is 290 g/mol. The minimum Gasteiger partial charge on any atom is -0.493 e. The van der Waals surface area contributed by atoms with Crippen LogP contribution in [0.25, 0.3) is 0 Å². The Morgan fingerprint density at radius 2 is 1.90 bits per heavy atom. The van der Waals surface area contributed by atoms with E-state index in [9.17, 15) is 0 Å². The van der Waals surface area contributed by atoms with Gasteiger partial charge < -0.3 is 14.8 Å². The molecule has 5 nitrogen and oxygen atoms in total. The van der Waals surface area contributed by atoms with E-state index in [-0.39, 0.29) is 11.3 Å². The fourth-order valence-corrected chi connectivity index (χ4v) is 2.11. The Balaban J connectivity index is 2.24. The van der Waals surface area contributed by atoms with E-state index >= 15 is 0 Å². The second kappa shape index (κ2) is 6.63. The number of nitrogens with zero attached hydrogens (tertiary/aromatic N) is 2. The van der Waals surface area contributed by atoms with Crippen LogP contribution >= 0.6 is 11.6 Å². The minimum atomic E-state index is 0.0365. The van der Waals surface area contributed by atoms with Gasteiger partial charge in [0.2, 0.25) is 5.28 Å². The van der Waals surface area contributed by atoms with Crippen LogP contribution in [0.2, 0.25) is 5.28 Å². The van der Waals surface area contributed by atoms with Crippen molar-refractivity contribution in [2.75, 3.05) is 19.5 Å². The third-order valence-corrected chi connectivity index (χ3v) is 3.39. The van der Waals surface area contributed by atoms with Gasteiger partial charge in [0.05, 0.1) is 20.3 Å². The van der Waals surface area contributed by atoms with E-state index < -0.39 is 0 Å². The molecule has 1 unspecified atom stereocenters. The molecular formula is C15H18ClN3O2. The zero-order chi connectivity index (χ0) is 15.4. The number of ether oxygens (including phenoxy) is 2. The number of aryl methyl sites for hydroxylation is 1. The fourth-order valence-electron chi connectivity index (χ4n) is 1.98. The van der Waals surface area contributed by atoms with Gasteiger partial charge in [-0.15, -0.1) is 0 Å². The van der Waals surface area contributed by atoms with Gasteiger partial charge in [0.15, 0.2) is 11.5 Å². The molecule has 1 heterocycles. The highest BCUT2D eigenvalue weighted by Crippen LogP contribution is 2.31. The molecule has 1 aromatic heterocycles. The molecule has 1 aromatic carbocycles. The number of halogens is 1. The molecule has 0 bridgehead atoms. The first-order valence-electron chi connectivity index (χ1n) is 6.52. The molecule has 2 aromatic rings. The van der Waals surface area contributed by atoms with E-state index in [1.807, 2.05) is 32.0 Å². The highest BCUT2D eigenvalue weighted by Gasteiger charge is 2.12. The first-order valence-corrected chi connectivity index (χ1v) is 6.90. The summed E-state index contributed by atoms with van der Waals surface area (Å²) in [6.07, 6.45) is 1.69. The number of hydrogen-bond donors (Lipinski definition) is 1. The Morgan fingerprint density at radius 1 is 1.19 bits per heavy atom. The van der Waals surface area contributed by atoms with Crippen LogP contribution in [0.4, 0.5) is 5.82 Å². The van der Waals surface area contributed by atoms with Crippen LogP contribution in [0.5, 0.6) is 11.5 Å². The van der Waals surface area contributed by atoms with Gasteiger partial charge in [0.1, 0.15) is 5.82 Å². The molecule has 2 rings (SSSR count). The molecule has 0 spiro atoms. The Labute approximate surface area is 129 Å². The quantitative estimate of drug-likeness (QED) is 0.855. The van der Waals surface area contributed by atoms with Gasteiger partial charge in [-0.1, -0.05) is 6.07 Å². The molecule has 21 heavy (non-hydrogen) atoms. The summed E-state index contributed by atoms with van der Waals surface area (Å²) in [5.74, 6) is 2.12. The molecule has 0 aliphatic rings. The summed E-state index contributed by atoms with van der Waals surface area (Å²) in [6.45, 7) is 3.97. The Bertz CT molecular complexity index is 634. The van der Waals surface area contributed by atoms with Gasteiger partial charge in [0.25, 0.3) is 0 Å². The molecule has 0 aliphatic heterocycles. The summed E-state index contributed by atoms with van der Waals surface area (Å²) in [7, 11) is 3.24. The number of benzene rings is 1. The van der Waals surface area contributed by atoms with Crippen molar-refractivity contribution in [1.82, 2.24) is 9.97 Å². The molecule has 0 saturated carbocycles. The molecule has 0 aliphatic carbocycles. The lowest BCUT2D eigenvalue weighted by Crippen LogP contribution is -2.10. The van der Waals surface area contributed by atoms with Gasteiger partial charge in [-0.2, -0.15) is 0 Å². The van der Waals surface area contributed by atoms with Crippen molar-refractivity contribution in [2.24, 2.45) is 0 Å². The van der Waals surface area contributed by atoms with Crippen LogP contribution in [0.1, 0.15) is 24.1 Å². The van der Waals surface area contributed by atoms with E-state index in [2.05, 4.69) is 15.3 Å². The van der Waals surface area contributed by atoms with Crippen LogP contribution in [0.3, 0.4) is 0 Å². The first kappa shape index (κ1) is 15.4. The molecule has 112 valence electrons. The average Bonchev–Trinajstić information content (AvgIpc) is 2.50. The van der Waals surface area contributed by atoms with Crippen molar-refractivity contribution >= 4 is 17.4 Å². The predicted molar refractivity (Wildman–Crippen MR) is 83.4 cm³/mol. The monoisotopic (exact) mass is 307 g/mol. The lowest BCUT2D eigenvalue weighted by atomic mass is 10.1. The average molecular weight is 308 g/mol. The number of hydrogen-bond acceptors (Lipinski definition) is 5. The van der Waals surface area contributed by atoms with Gasteiger partial charge in [-0.3, -0.25) is 0 Å². The number of methoxy groups -OCH3 is 2. The van der Waals surface area contributed by atoms with Crippen LogP contribution in [-0.2, 0) is 0 Å². The maximum atomic E-state index is 5.83. The molecule has 0 fully saturated rings. The van der Waals surface area contributed by atoms with Crippen molar-refractivity contribution < 1.29 is 9.47 Å². The third kappa shape index (κ3) is 3.55. The molecule has 0 amide bonds. The number of anilines is 1. The SMILES string of the molecule is COc1ccc(C(C)Nc2nc(Cl)ncc2C)cc1OC. The number of nitrogens with one attached hydrogen (secondary N) is 1. The first-order chi connectivity index (χ1) is 10.0. The molecule has 1 N–H and O–H groups in total. The van der Waals surface area contributed by atoms with E-state index in [0.717, 1.165) is 16.9 Å². The second-order valence-corrected chi connectivity index (χ2v) is 4.99. The summed E-state index contributed by atoms with van der Waals surface area (Å²) in [5, 5.41) is 3.55. The molecule has 0 radical (unpaired) electrons. The topological polar surface area (TPSA) is 56.3 Å². The normalized spacial score (nSPS) is 11.9. The zero-order valence-corrected chi connectivity index (χ0v) is 13.2. The van der Waals surface area contributed by atoms with Crippen LogP contribution in [0, 0.1) is 6.92 Å². The van der Waals surface area contributed by atoms with E-state index in [1.165, 1.54) is 0 Å². The number of aromatic nitrogens is 2. The van der Waals surface area contributed by atoms with Crippen molar-refractivity contribution in [2.45, 2.75) is 19.9 Å². The largest absolute Gasteiger partial charge is 0.493 e. The van der Waals surface area contributed by atoms with E-state index in [0.29, 0.717) is 11.5 Å². The second-order valence-electron chi connectivity index (χ2n) is 4.65. The lowest BCUT2D eigenvalue weighted by molar-refractivity contribution is 0.354. The smallest absolute Gasteiger partial charge is 0.224 e. The summed E-state index contributed by atoms with van der Waals surface area (Å²) < 4.78 is 10.6. The van der Waals surface area contributed by atoms with Crippen molar-refractivity contribution in [3.8, 4) is 11.5 Å². The summed E-state index contributed by atoms with van der Waals surface area (Å²) in [4.78, 5) is 8.15. The van der Waals surface area contributed by atoms with Gasteiger partial charge >= 0.3 is 0 Å². The van der Waals surface area contributed by atoms with E-state index in [1.54, 1.807) is 20.4 Å². The maximum absolute atomic E-state index is 5.83. The van der Waals surface area contributed by atoms with Crippen molar-refractivity contribution in [3.05, 3.63) is 40.8 Å². The van der Waals surface area contributed by atoms with Crippen molar-refractivity contribution in [3.63, 3.8) is 0 Å². The summed E-state index contributed by atoms with van der Waals surface area (Å²) in [6, 6.07) is 5.84. The number of rotatable bonds is 5. The van der Waals surface area contributed by atoms with Gasteiger partial charge in [-0.25, -0.2) is 9.97 Å². The van der Waals surface area contributed by atoms with Crippen molar-refractivity contribution in [1.29, 1.82) is 0 Å². The third-order valence-electron chi connectivity index (χ3n) is 3.20. The fraction of sp³-hybridized carbons (Fsp3) is 0.333. The van der Waals surface area contributed by atoms with Crippen LogP contribution in [-0.4, -0.2) is 24.2 Å². The minimum absolute atomic E-state index is 0.0365. The predicted octanol–water partition coefficient (Wildman–Crippen LogP) is 3.63. The Morgan fingerprint density at radius 3 is 2.57 bits per heavy atom. The highest BCUT2D eigenvalue weighted by molar-refractivity contribution is 6.28. The zero-order valence-electron chi connectivity index (χ0n) is 12.5. The van der Waals surface area contributed by atoms with Gasteiger partial charge in [-0.05, 0) is 43.1 Å². The Hall–Kier alpha value is -2.01. The maximum Gasteiger partial charge on any atom is 0.224 e. The molecule has 6 heteroatoms. The van der Waals surface area contributed by atoms with E-state index in [4.69, 9.17) is 21.1 Å². The summed E-state index contributed by atoms with van der Waals surface area (Å²) >= 11 is 5.83. The standard InChI is InChI=1S/C15H18ClN3O2/c1-9-8-17-15(16)19-14(9)18-10(2)11-5-6-12(20-3)13(7-11)21-4/h5-8,10H,1-4H3,(H,17,18,19). The lowest BCUT2D eigenvalue weighted by Gasteiger charge is -2.18.